The van der Waals surface area contributed by atoms with Crippen LogP contribution in [0.5, 0.6) is 0 Å². The summed E-state index contributed by atoms with van der Waals surface area (Å²) < 4.78 is 27.7. The summed E-state index contributed by atoms with van der Waals surface area (Å²) in [4.78, 5) is 0. The van der Waals surface area contributed by atoms with Crippen LogP contribution in [-0.4, -0.2) is 8.42 Å². The number of halogens is 1. The minimum Gasteiger partial charge on any atom is -0.356 e. The first-order valence-electron chi connectivity index (χ1n) is 7.14. The lowest BCUT2D eigenvalue weighted by Crippen LogP contribution is -2.11. The standard InChI is InChI=1S/C17H15ClN2O2S2/c1-12-3-2-4-15(11-12)19-13-5-7-14(8-6-13)20-24(21,22)17-10-9-16(18)23-17/h2-11,19-20H,1H3. The van der Waals surface area contributed by atoms with Crippen molar-refractivity contribution < 1.29 is 8.42 Å². The lowest BCUT2D eigenvalue weighted by molar-refractivity contribution is 0.603. The summed E-state index contributed by atoms with van der Waals surface area (Å²) in [5.74, 6) is 0. The van der Waals surface area contributed by atoms with E-state index in [1.807, 2.05) is 43.3 Å². The molecule has 24 heavy (non-hydrogen) atoms. The van der Waals surface area contributed by atoms with E-state index < -0.39 is 10.0 Å². The van der Waals surface area contributed by atoms with Crippen molar-refractivity contribution in [3.63, 3.8) is 0 Å². The molecule has 0 bridgehead atoms. The van der Waals surface area contributed by atoms with Gasteiger partial charge in [-0.3, -0.25) is 4.72 Å². The molecule has 0 saturated carbocycles. The van der Waals surface area contributed by atoms with Gasteiger partial charge >= 0.3 is 0 Å². The number of thiophene rings is 1. The van der Waals surface area contributed by atoms with E-state index >= 15 is 0 Å². The fraction of sp³-hybridized carbons (Fsp3) is 0.0588. The molecule has 0 radical (unpaired) electrons. The molecule has 1 aromatic heterocycles. The van der Waals surface area contributed by atoms with Crippen LogP contribution in [0.15, 0.2) is 64.9 Å². The van der Waals surface area contributed by atoms with Crippen LogP contribution in [0.4, 0.5) is 17.1 Å². The van der Waals surface area contributed by atoms with Gasteiger partial charge in [0.1, 0.15) is 4.21 Å². The Labute approximate surface area is 150 Å². The Kier molecular flexibility index (Phi) is 4.80. The minimum absolute atomic E-state index is 0.189. The first-order chi connectivity index (χ1) is 11.4. The number of anilines is 3. The highest BCUT2D eigenvalue weighted by Gasteiger charge is 2.16. The van der Waals surface area contributed by atoms with Crippen molar-refractivity contribution in [2.75, 3.05) is 10.0 Å². The van der Waals surface area contributed by atoms with Crippen molar-refractivity contribution in [3.05, 3.63) is 70.6 Å². The van der Waals surface area contributed by atoms with E-state index in [1.165, 1.54) is 11.6 Å². The van der Waals surface area contributed by atoms with E-state index in [4.69, 9.17) is 11.6 Å². The van der Waals surface area contributed by atoms with Gasteiger partial charge in [-0.15, -0.1) is 11.3 Å². The van der Waals surface area contributed by atoms with Gasteiger partial charge in [-0.2, -0.15) is 0 Å². The molecule has 3 rings (SSSR count). The number of benzene rings is 2. The van der Waals surface area contributed by atoms with Gasteiger partial charge in [0.05, 0.1) is 4.34 Å². The van der Waals surface area contributed by atoms with Crippen LogP contribution in [0.3, 0.4) is 0 Å². The lowest BCUT2D eigenvalue weighted by Gasteiger charge is -2.09. The Morgan fingerprint density at radius 3 is 2.25 bits per heavy atom. The second-order valence-corrected chi connectivity index (χ2v) is 8.86. The molecule has 0 aliphatic rings. The van der Waals surface area contributed by atoms with Crippen LogP contribution in [-0.2, 0) is 10.0 Å². The topological polar surface area (TPSA) is 58.2 Å². The van der Waals surface area contributed by atoms with Gasteiger partial charge < -0.3 is 5.32 Å². The smallest absolute Gasteiger partial charge is 0.271 e. The Morgan fingerprint density at radius 2 is 1.62 bits per heavy atom. The maximum atomic E-state index is 12.3. The van der Waals surface area contributed by atoms with Crippen molar-refractivity contribution in [3.8, 4) is 0 Å². The summed E-state index contributed by atoms with van der Waals surface area (Å²) in [6, 6.07) is 18.1. The second-order valence-electron chi connectivity index (χ2n) is 5.24. The molecule has 3 aromatic rings. The zero-order chi connectivity index (χ0) is 17.2. The molecule has 0 fully saturated rings. The van der Waals surface area contributed by atoms with E-state index in [9.17, 15) is 8.42 Å². The van der Waals surface area contributed by atoms with Crippen molar-refractivity contribution in [1.29, 1.82) is 0 Å². The maximum Gasteiger partial charge on any atom is 0.271 e. The Hall–Kier alpha value is -2.02. The highest BCUT2D eigenvalue weighted by atomic mass is 35.5. The third kappa shape index (κ3) is 4.08. The Bertz CT molecular complexity index is 951. The van der Waals surface area contributed by atoms with E-state index in [2.05, 4.69) is 10.0 Å². The number of aryl methyl sites for hydroxylation is 1. The highest BCUT2D eigenvalue weighted by molar-refractivity contribution is 7.94. The molecule has 1 heterocycles. The van der Waals surface area contributed by atoms with Crippen molar-refractivity contribution >= 4 is 50.0 Å². The van der Waals surface area contributed by atoms with Crippen LogP contribution in [0, 0.1) is 6.92 Å². The summed E-state index contributed by atoms with van der Waals surface area (Å²) in [5, 5.41) is 3.28. The van der Waals surface area contributed by atoms with Gasteiger partial charge in [0, 0.05) is 17.1 Å². The van der Waals surface area contributed by atoms with Gasteiger partial charge in [-0.1, -0.05) is 23.7 Å². The normalized spacial score (nSPS) is 11.2. The second kappa shape index (κ2) is 6.84. The number of rotatable bonds is 5. The molecule has 0 atom stereocenters. The SMILES string of the molecule is Cc1cccc(Nc2ccc(NS(=O)(=O)c3ccc(Cl)s3)cc2)c1. The summed E-state index contributed by atoms with van der Waals surface area (Å²) in [6.07, 6.45) is 0. The number of hydrogen-bond acceptors (Lipinski definition) is 4. The molecule has 4 nitrogen and oxygen atoms in total. The van der Waals surface area contributed by atoms with Crippen LogP contribution < -0.4 is 10.0 Å². The average molecular weight is 379 g/mol. The summed E-state index contributed by atoms with van der Waals surface area (Å²) in [5.41, 5.74) is 3.52. The predicted molar refractivity (Wildman–Crippen MR) is 101 cm³/mol. The van der Waals surface area contributed by atoms with Crippen molar-refractivity contribution in [1.82, 2.24) is 0 Å². The zero-order valence-electron chi connectivity index (χ0n) is 12.8. The van der Waals surface area contributed by atoms with Gasteiger partial charge in [0.15, 0.2) is 0 Å². The van der Waals surface area contributed by atoms with E-state index in [0.29, 0.717) is 10.0 Å². The summed E-state index contributed by atoms with van der Waals surface area (Å²) >= 11 is 6.82. The Balaban J connectivity index is 1.73. The van der Waals surface area contributed by atoms with E-state index in [1.54, 1.807) is 18.2 Å². The number of sulfonamides is 1. The fourth-order valence-electron chi connectivity index (χ4n) is 2.16. The third-order valence-electron chi connectivity index (χ3n) is 3.26. The van der Waals surface area contributed by atoms with Crippen LogP contribution in [0.25, 0.3) is 0 Å². The first-order valence-corrected chi connectivity index (χ1v) is 9.82. The molecule has 0 aliphatic heterocycles. The van der Waals surface area contributed by atoms with Crippen LogP contribution >= 0.6 is 22.9 Å². The first kappa shape index (κ1) is 16.8. The monoisotopic (exact) mass is 378 g/mol. The van der Waals surface area contributed by atoms with E-state index in [-0.39, 0.29) is 4.21 Å². The molecular weight excluding hydrogens is 364 g/mol. The van der Waals surface area contributed by atoms with Crippen LogP contribution in [0.1, 0.15) is 5.56 Å². The molecule has 2 N–H and O–H groups in total. The third-order valence-corrected chi connectivity index (χ3v) is 6.36. The van der Waals surface area contributed by atoms with E-state index in [0.717, 1.165) is 22.7 Å². The summed E-state index contributed by atoms with van der Waals surface area (Å²) in [6.45, 7) is 2.03. The molecule has 7 heteroatoms. The quantitative estimate of drug-likeness (QED) is 0.637. The van der Waals surface area contributed by atoms with Gasteiger partial charge in [-0.25, -0.2) is 8.42 Å². The van der Waals surface area contributed by atoms with Gasteiger partial charge in [0.25, 0.3) is 10.0 Å². The van der Waals surface area contributed by atoms with Gasteiger partial charge in [0.2, 0.25) is 0 Å². The largest absolute Gasteiger partial charge is 0.356 e. The average Bonchev–Trinajstić information content (AvgIpc) is 2.97. The Morgan fingerprint density at radius 1 is 0.917 bits per heavy atom. The maximum absolute atomic E-state index is 12.3. The van der Waals surface area contributed by atoms with Crippen molar-refractivity contribution in [2.45, 2.75) is 11.1 Å². The molecular formula is C17H15ClN2O2S2. The van der Waals surface area contributed by atoms with Crippen molar-refractivity contribution in [2.24, 2.45) is 0 Å². The highest BCUT2D eigenvalue weighted by Crippen LogP contribution is 2.27. The number of nitrogens with one attached hydrogen (secondary N) is 2. The molecule has 0 saturated heterocycles. The molecule has 124 valence electrons. The number of hydrogen-bond donors (Lipinski definition) is 2. The van der Waals surface area contributed by atoms with Gasteiger partial charge in [-0.05, 0) is 61.0 Å². The molecule has 0 amide bonds. The fourth-order valence-corrected chi connectivity index (χ4v) is 4.70. The lowest BCUT2D eigenvalue weighted by atomic mass is 10.2. The molecule has 0 spiro atoms. The summed E-state index contributed by atoms with van der Waals surface area (Å²) in [7, 11) is -3.61. The molecule has 0 aliphatic carbocycles. The predicted octanol–water partition coefficient (Wildman–Crippen LogP) is 5.25. The minimum atomic E-state index is -3.61. The van der Waals surface area contributed by atoms with Crippen LogP contribution in [0.2, 0.25) is 4.34 Å². The zero-order valence-corrected chi connectivity index (χ0v) is 15.2. The molecule has 2 aromatic carbocycles. The molecule has 0 unspecified atom stereocenters.